The topological polar surface area (TPSA) is 144 Å². The van der Waals surface area contributed by atoms with Gasteiger partial charge in [-0.3, -0.25) is 4.79 Å². The second kappa shape index (κ2) is 14.2. The minimum absolute atomic E-state index is 0.0361. The molecule has 0 spiro atoms. The highest BCUT2D eigenvalue weighted by Gasteiger charge is 2.15. The van der Waals surface area contributed by atoms with Crippen LogP contribution in [0, 0.1) is 0 Å². The van der Waals surface area contributed by atoms with E-state index in [0.29, 0.717) is 31.0 Å². The van der Waals surface area contributed by atoms with Crippen LogP contribution in [0.1, 0.15) is 13.3 Å². The van der Waals surface area contributed by atoms with Crippen molar-refractivity contribution in [2.24, 2.45) is 0 Å². The van der Waals surface area contributed by atoms with Crippen molar-refractivity contribution in [2.45, 2.75) is 19.9 Å². The van der Waals surface area contributed by atoms with Gasteiger partial charge in [0.1, 0.15) is 18.0 Å². The van der Waals surface area contributed by atoms with Crippen molar-refractivity contribution < 1.29 is 34.1 Å². The summed E-state index contributed by atoms with van der Waals surface area (Å²) in [6.07, 6.45) is 3.79. The highest BCUT2D eigenvalue weighted by Crippen LogP contribution is 2.28. The first-order valence-electron chi connectivity index (χ1n) is 11.2. The average molecular weight is 499 g/mol. The molecule has 0 saturated carbocycles. The third-order valence-electron chi connectivity index (χ3n) is 4.61. The molecule has 3 rings (SSSR count). The van der Waals surface area contributed by atoms with Crippen LogP contribution in [0.25, 0.3) is 22.3 Å². The van der Waals surface area contributed by atoms with Crippen molar-refractivity contribution in [1.82, 2.24) is 19.7 Å². The molecule has 2 heterocycles. The number of aliphatic carboxylic acids is 2. The summed E-state index contributed by atoms with van der Waals surface area (Å²) in [6.45, 7) is 3.84. The van der Waals surface area contributed by atoms with Gasteiger partial charge in [0.15, 0.2) is 5.65 Å². The fourth-order valence-corrected chi connectivity index (χ4v) is 3.08. The number of fused-ring (bicyclic) bond motifs is 1. The summed E-state index contributed by atoms with van der Waals surface area (Å²) in [7, 11) is 4.10. The lowest BCUT2D eigenvalue weighted by Gasteiger charge is -2.10. The molecule has 0 atom stereocenters. The Balaban J connectivity index is 0.000000493. The number of hydrogen-bond donors (Lipinski definition) is 2. The first kappa shape index (κ1) is 28.0. The molecular formula is C25H30N4O7. The molecular weight excluding hydrogens is 468 g/mol. The van der Waals surface area contributed by atoms with Gasteiger partial charge in [-0.1, -0.05) is 0 Å². The SMILES string of the molecule is CCOC(=O)Cn1nc(-c2ccc(OCCCN(C)C)cc2)c2cccnc21.O=C(O)C=CC(=O)O. The van der Waals surface area contributed by atoms with Crippen molar-refractivity contribution in [3.8, 4) is 17.0 Å². The molecule has 36 heavy (non-hydrogen) atoms. The summed E-state index contributed by atoms with van der Waals surface area (Å²) < 4.78 is 12.4. The Morgan fingerprint density at radius 1 is 1.06 bits per heavy atom. The van der Waals surface area contributed by atoms with Crippen molar-refractivity contribution in [3.63, 3.8) is 0 Å². The zero-order valence-corrected chi connectivity index (χ0v) is 20.5. The summed E-state index contributed by atoms with van der Waals surface area (Å²) in [5.74, 6) is -2.01. The summed E-state index contributed by atoms with van der Waals surface area (Å²) in [5.41, 5.74) is 2.39. The van der Waals surface area contributed by atoms with Crippen LogP contribution in [0.3, 0.4) is 0 Å². The summed E-state index contributed by atoms with van der Waals surface area (Å²) in [6, 6.07) is 11.7. The number of carbonyl (C=O) groups is 3. The minimum Gasteiger partial charge on any atom is -0.494 e. The van der Waals surface area contributed by atoms with Crippen LogP contribution in [0.15, 0.2) is 54.7 Å². The van der Waals surface area contributed by atoms with E-state index in [9.17, 15) is 14.4 Å². The fourth-order valence-electron chi connectivity index (χ4n) is 3.08. The molecule has 0 bridgehead atoms. The third-order valence-corrected chi connectivity index (χ3v) is 4.61. The highest BCUT2D eigenvalue weighted by atomic mass is 16.5. The summed E-state index contributed by atoms with van der Waals surface area (Å²) in [4.78, 5) is 37.5. The lowest BCUT2D eigenvalue weighted by atomic mass is 10.1. The maximum Gasteiger partial charge on any atom is 0.328 e. The van der Waals surface area contributed by atoms with Crippen LogP contribution in [0.2, 0.25) is 0 Å². The predicted molar refractivity (Wildman–Crippen MR) is 133 cm³/mol. The Morgan fingerprint density at radius 2 is 1.72 bits per heavy atom. The van der Waals surface area contributed by atoms with E-state index in [0.717, 1.165) is 35.4 Å². The second-order valence-electron chi connectivity index (χ2n) is 7.73. The van der Waals surface area contributed by atoms with E-state index >= 15 is 0 Å². The minimum atomic E-state index is -1.26. The van der Waals surface area contributed by atoms with Crippen LogP contribution < -0.4 is 4.74 Å². The van der Waals surface area contributed by atoms with E-state index in [1.54, 1.807) is 17.8 Å². The van der Waals surface area contributed by atoms with Gasteiger partial charge in [0.2, 0.25) is 0 Å². The number of aromatic nitrogens is 3. The standard InChI is InChI=1S/C21H26N4O3.C4H4O4/c1-4-27-19(26)15-25-21-18(7-5-12-22-21)20(23-25)16-8-10-17(11-9-16)28-14-6-13-24(2)3;5-3(6)1-2-4(7)8/h5,7-12H,4,6,13-15H2,1-3H3;1-2H,(H,5,6)(H,7,8). The largest absolute Gasteiger partial charge is 0.494 e. The van der Waals surface area contributed by atoms with E-state index in [1.807, 2.05) is 36.4 Å². The van der Waals surface area contributed by atoms with Gasteiger partial charge in [0.25, 0.3) is 0 Å². The number of carbonyl (C=O) groups excluding carboxylic acids is 1. The van der Waals surface area contributed by atoms with E-state index in [4.69, 9.17) is 19.7 Å². The number of carboxylic acids is 2. The zero-order valence-electron chi connectivity index (χ0n) is 20.5. The van der Waals surface area contributed by atoms with Crippen LogP contribution in [0.5, 0.6) is 5.75 Å². The molecule has 0 unspecified atom stereocenters. The molecule has 1 aromatic carbocycles. The molecule has 0 saturated heterocycles. The van der Waals surface area contributed by atoms with Crippen LogP contribution in [-0.4, -0.2) is 81.6 Å². The molecule has 0 radical (unpaired) electrons. The number of hydrogen-bond acceptors (Lipinski definition) is 8. The molecule has 192 valence electrons. The van der Waals surface area contributed by atoms with E-state index in [2.05, 4.69) is 29.1 Å². The Labute approximate surface area is 208 Å². The number of benzene rings is 1. The molecule has 2 N–H and O–H groups in total. The average Bonchev–Trinajstić information content (AvgIpc) is 3.20. The number of ether oxygens (including phenoxy) is 2. The molecule has 0 aliphatic carbocycles. The molecule has 11 heteroatoms. The van der Waals surface area contributed by atoms with Gasteiger partial charge in [-0.15, -0.1) is 0 Å². The number of nitrogens with zero attached hydrogens (tertiary/aromatic N) is 4. The van der Waals surface area contributed by atoms with Crippen LogP contribution in [-0.2, 0) is 25.7 Å². The van der Waals surface area contributed by atoms with Gasteiger partial charge in [-0.2, -0.15) is 5.10 Å². The number of pyridine rings is 1. The molecule has 0 amide bonds. The quantitative estimate of drug-likeness (QED) is 0.230. The molecule has 0 aliphatic rings. The normalized spacial score (nSPS) is 10.8. The van der Waals surface area contributed by atoms with E-state index in [1.165, 1.54) is 0 Å². The fraction of sp³-hybridized carbons (Fsp3) is 0.320. The van der Waals surface area contributed by atoms with Crippen molar-refractivity contribution in [2.75, 3.05) is 33.9 Å². The number of carboxylic acid groups (broad SMARTS) is 2. The molecule has 2 aromatic heterocycles. The summed E-state index contributed by atoms with van der Waals surface area (Å²) in [5, 5.41) is 21.1. The molecule has 0 fully saturated rings. The molecule has 0 aliphatic heterocycles. The predicted octanol–water partition coefficient (Wildman–Crippen LogP) is 2.70. The Kier molecular flexibility index (Phi) is 11.1. The Morgan fingerprint density at radius 3 is 2.31 bits per heavy atom. The van der Waals surface area contributed by atoms with Crippen LogP contribution in [0.4, 0.5) is 0 Å². The van der Waals surface area contributed by atoms with E-state index < -0.39 is 11.9 Å². The lowest BCUT2D eigenvalue weighted by Crippen LogP contribution is -2.15. The smallest absolute Gasteiger partial charge is 0.328 e. The number of rotatable bonds is 11. The number of esters is 1. The Bertz CT molecular complexity index is 1170. The van der Waals surface area contributed by atoms with Crippen molar-refractivity contribution in [3.05, 3.63) is 54.7 Å². The zero-order chi connectivity index (χ0) is 26.5. The first-order valence-corrected chi connectivity index (χ1v) is 11.2. The maximum absolute atomic E-state index is 11.9. The second-order valence-corrected chi connectivity index (χ2v) is 7.73. The van der Waals surface area contributed by atoms with Gasteiger partial charge < -0.3 is 24.6 Å². The monoisotopic (exact) mass is 498 g/mol. The molecule has 11 nitrogen and oxygen atoms in total. The van der Waals surface area contributed by atoms with Gasteiger partial charge in [0.05, 0.1) is 13.2 Å². The van der Waals surface area contributed by atoms with Gasteiger partial charge in [0, 0.05) is 35.8 Å². The van der Waals surface area contributed by atoms with Crippen molar-refractivity contribution in [1.29, 1.82) is 0 Å². The van der Waals surface area contributed by atoms with Gasteiger partial charge in [-0.25, -0.2) is 19.3 Å². The lowest BCUT2D eigenvalue weighted by molar-refractivity contribution is -0.144. The molecule has 3 aromatic rings. The van der Waals surface area contributed by atoms with Crippen molar-refractivity contribution >= 4 is 28.9 Å². The highest BCUT2D eigenvalue weighted by molar-refractivity contribution is 5.92. The third kappa shape index (κ3) is 9.18. The Hall–Kier alpha value is -4.25. The first-order chi connectivity index (χ1) is 17.2. The summed E-state index contributed by atoms with van der Waals surface area (Å²) >= 11 is 0. The van der Waals surface area contributed by atoms with Gasteiger partial charge in [-0.05, 0) is 63.8 Å². The van der Waals surface area contributed by atoms with Crippen LogP contribution >= 0.6 is 0 Å². The van der Waals surface area contributed by atoms with E-state index in [-0.39, 0.29) is 12.5 Å². The maximum atomic E-state index is 11.9. The van der Waals surface area contributed by atoms with Gasteiger partial charge >= 0.3 is 17.9 Å².